The summed E-state index contributed by atoms with van der Waals surface area (Å²) in [7, 11) is 3.11. The van der Waals surface area contributed by atoms with Gasteiger partial charge in [-0.05, 0) is 0 Å². The van der Waals surface area contributed by atoms with Crippen molar-refractivity contribution in [3.05, 3.63) is 0 Å². The van der Waals surface area contributed by atoms with Gasteiger partial charge in [-0.15, -0.1) is 0 Å². The summed E-state index contributed by atoms with van der Waals surface area (Å²) in [5, 5.41) is 7.08. The van der Waals surface area contributed by atoms with Crippen molar-refractivity contribution >= 4 is 5.90 Å². The number of hydrogen-bond donors (Lipinski definition) is 1. The van der Waals surface area contributed by atoms with Gasteiger partial charge in [0.05, 0.1) is 26.9 Å². The Labute approximate surface area is 67.0 Å². The zero-order valence-corrected chi connectivity index (χ0v) is 7.05. The molecule has 0 fully saturated rings. The van der Waals surface area contributed by atoms with Gasteiger partial charge in [0.15, 0.2) is 5.90 Å². The highest BCUT2D eigenvalue weighted by molar-refractivity contribution is 5.72. The molecule has 0 atom stereocenters. The number of ether oxygens (including phenoxy) is 3. The summed E-state index contributed by atoms with van der Waals surface area (Å²) in [6, 6.07) is 0. The van der Waals surface area contributed by atoms with Gasteiger partial charge >= 0.3 is 0 Å². The molecule has 4 heteroatoms. The highest BCUT2D eigenvalue weighted by Crippen LogP contribution is 1.86. The van der Waals surface area contributed by atoms with Crippen molar-refractivity contribution in [2.45, 2.75) is 6.42 Å². The van der Waals surface area contributed by atoms with Crippen LogP contribution in [0.2, 0.25) is 0 Å². The van der Waals surface area contributed by atoms with E-state index in [9.17, 15) is 0 Å². The maximum absolute atomic E-state index is 7.08. The highest BCUT2D eigenvalue weighted by atomic mass is 16.5. The predicted molar refractivity (Wildman–Crippen MR) is 42.0 cm³/mol. The molecule has 66 valence electrons. The first-order chi connectivity index (χ1) is 5.31. The van der Waals surface area contributed by atoms with Crippen LogP contribution >= 0.6 is 0 Å². The SMILES string of the molecule is COCCOCCC(=N)OC. The number of hydrogen-bond acceptors (Lipinski definition) is 4. The van der Waals surface area contributed by atoms with E-state index in [0.717, 1.165) is 0 Å². The number of rotatable bonds is 6. The summed E-state index contributed by atoms with van der Waals surface area (Å²) < 4.78 is 14.5. The van der Waals surface area contributed by atoms with Gasteiger partial charge in [-0.3, -0.25) is 5.41 Å². The lowest BCUT2D eigenvalue weighted by Crippen LogP contribution is -2.08. The zero-order valence-electron chi connectivity index (χ0n) is 7.05. The molecular formula is C7H15NO3. The van der Waals surface area contributed by atoms with Crippen LogP contribution in [-0.2, 0) is 14.2 Å². The van der Waals surface area contributed by atoms with Crippen LogP contribution in [0.25, 0.3) is 0 Å². The minimum Gasteiger partial charge on any atom is -0.484 e. The fraction of sp³-hybridized carbons (Fsp3) is 0.857. The second-order valence-electron chi connectivity index (χ2n) is 1.98. The fourth-order valence-corrected chi connectivity index (χ4v) is 0.511. The summed E-state index contributed by atoms with van der Waals surface area (Å²) in [5.74, 6) is 0.252. The Kier molecular flexibility index (Phi) is 7.08. The van der Waals surface area contributed by atoms with Crippen LogP contribution in [0, 0.1) is 5.41 Å². The third-order valence-corrected chi connectivity index (χ3v) is 1.15. The van der Waals surface area contributed by atoms with E-state index in [1.54, 1.807) is 7.11 Å². The predicted octanol–water partition coefficient (Wildman–Crippen LogP) is 0.663. The Balaban J connectivity index is 2.95. The average Bonchev–Trinajstić information content (AvgIpc) is 2.04. The molecule has 0 rings (SSSR count). The van der Waals surface area contributed by atoms with Gasteiger partial charge in [-0.25, -0.2) is 0 Å². The summed E-state index contributed by atoms with van der Waals surface area (Å²) in [4.78, 5) is 0. The lowest BCUT2D eigenvalue weighted by Gasteiger charge is -2.03. The molecule has 0 aromatic carbocycles. The first kappa shape index (κ1) is 10.4. The molecule has 0 saturated carbocycles. The third kappa shape index (κ3) is 7.29. The van der Waals surface area contributed by atoms with Gasteiger partial charge in [0.1, 0.15) is 0 Å². The van der Waals surface area contributed by atoms with E-state index in [4.69, 9.17) is 14.9 Å². The molecule has 4 nitrogen and oxygen atoms in total. The monoisotopic (exact) mass is 161 g/mol. The maximum atomic E-state index is 7.08. The minimum atomic E-state index is 0.252. The molecule has 0 saturated heterocycles. The summed E-state index contributed by atoms with van der Waals surface area (Å²) in [6.45, 7) is 1.70. The van der Waals surface area contributed by atoms with Crippen LogP contribution < -0.4 is 0 Å². The van der Waals surface area contributed by atoms with E-state index < -0.39 is 0 Å². The Hall–Kier alpha value is -0.610. The number of methoxy groups -OCH3 is 2. The van der Waals surface area contributed by atoms with Crippen LogP contribution in [0.1, 0.15) is 6.42 Å². The first-order valence-electron chi connectivity index (χ1n) is 3.49. The quantitative estimate of drug-likeness (QED) is 0.354. The van der Waals surface area contributed by atoms with E-state index in [-0.39, 0.29) is 5.90 Å². The van der Waals surface area contributed by atoms with Gasteiger partial charge in [0, 0.05) is 13.5 Å². The molecule has 1 N–H and O–H groups in total. The van der Waals surface area contributed by atoms with Crippen molar-refractivity contribution in [2.24, 2.45) is 0 Å². The standard InChI is InChI=1S/C7H15NO3/c1-9-5-6-11-4-3-7(8)10-2/h8H,3-6H2,1-2H3. The van der Waals surface area contributed by atoms with Gasteiger partial charge < -0.3 is 14.2 Å². The van der Waals surface area contributed by atoms with Crippen LogP contribution in [-0.4, -0.2) is 39.9 Å². The topological polar surface area (TPSA) is 51.5 Å². The van der Waals surface area contributed by atoms with Crippen LogP contribution in [0.3, 0.4) is 0 Å². The minimum absolute atomic E-state index is 0.252. The molecule has 0 aromatic heterocycles. The van der Waals surface area contributed by atoms with Crippen molar-refractivity contribution in [3.8, 4) is 0 Å². The fourth-order valence-electron chi connectivity index (χ4n) is 0.511. The smallest absolute Gasteiger partial charge is 0.182 e. The van der Waals surface area contributed by atoms with Crippen molar-refractivity contribution in [1.82, 2.24) is 0 Å². The second-order valence-corrected chi connectivity index (χ2v) is 1.98. The van der Waals surface area contributed by atoms with E-state index in [1.165, 1.54) is 7.11 Å². The van der Waals surface area contributed by atoms with E-state index in [0.29, 0.717) is 26.2 Å². The Bertz CT molecular complexity index is 106. The Morgan fingerprint density at radius 1 is 1.18 bits per heavy atom. The zero-order chi connectivity index (χ0) is 8.53. The lowest BCUT2D eigenvalue weighted by molar-refractivity contribution is 0.0727. The maximum Gasteiger partial charge on any atom is 0.182 e. The first-order valence-corrected chi connectivity index (χ1v) is 3.49. The summed E-state index contributed by atoms with van der Waals surface area (Å²) >= 11 is 0. The number of nitrogens with one attached hydrogen (secondary N) is 1. The normalized spacial score (nSPS) is 9.64. The molecule has 0 aliphatic heterocycles. The molecular weight excluding hydrogens is 146 g/mol. The van der Waals surface area contributed by atoms with Gasteiger partial charge in [-0.1, -0.05) is 0 Å². The van der Waals surface area contributed by atoms with E-state index in [2.05, 4.69) is 4.74 Å². The highest BCUT2D eigenvalue weighted by Gasteiger charge is 1.93. The molecule has 0 spiro atoms. The summed E-state index contributed by atoms with van der Waals surface area (Å²) in [6.07, 6.45) is 0.528. The molecule has 0 unspecified atom stereocenters. The van der Waals surface area contributed by atoms with Gasteiger partial charge in [-0.2, -0.15) is 0 Å². The van der Waals surface area contributed by atoms with Crippen LogP contribution in [0.4, 0.5) is 0 Å². The van der Waals surface area contributed by atoms with Gasteiger partial charge in [0.2, 0.25) is 0 Å². The summed E-state index contributed by atoms with van der Waals surface area (Å²) in [5.41, 5.74) is 0. The molecule has 0 radical (unpaired) electrons. The third-order valence-electron chi connectivity index (χ3n) is 1.15. The Morgan fingerprint density at radius 3 is 2.45 bits per heavy atom. The van der Waals surface area contributed by atoms with Crippen molar-refractivity contribution in [3.63, 3.8) is 0 Å². The van der Waals surface area contributed by atoms with Crippen LogP contribution in [0.5, 0.6) is 0 Å². The molecule has 11 heavy (non-hydrogen) atoms. The van der Waals surface area contributed by atoms with Crippen molar-refractivity contribution in [1.29, 1.82) is 5.41 Å². The van der Waals surface area contributed by atoms with Gasteiger partial charge in [0.25, 0.3) is 0 Å². The lowest BCUT2D eigenvalue weighted by atomic mass is 10.4. The Morgan fingerprint density at radius 2 is 1.91 bits per heavy atom. The molecule has 0 bridgehead atoms. The molecule has 0 amide bonds. The van der Waals surface area contributed by atoms with Crippen molar-refractivity contribution in [2.75, 3.05) is 34.0 Å². The average molecular weight is 161 g/mol. The molecule has 0 aliphatic carbocycles. The van der Waals surface area contributed by atoms with E-state index in [1.807, 2.05) is 0 Å². The largest absolute Gasteiger partial charge is 0.484 e. The molecule has 0 aliphatic rings. The second kappa shape index (κ2) is 7.50. The molecule has 0 aromatic rings. The van der Waals surface area contributed by atoms with Crippen LogP contribution in [0.15, 0.2) is 0 Å². The van der Waals surface area contributed by atoms with E-state index >= 15 is 0 Å². The molecule has 0 heterocycles. The van der Waals surface area contributed by atoms with Crippen molar-refractivity contribution < 1.29 is 14.2 Å².